The number of aromatic hydroxyl groups is 1. The molecule has 1 atom stereocenters. The summed E-state index contributed by atoms with van der Waals surface area (Å²) in [6, 6.07) is 15.6. The lowest BCUT2D eigenvalue weighted by atomic mass is 9.87. The summed E-state index contributed by atoms with van der Waals surface area (Å²) in [6.45, 7) is 13.7. The van der Waals surface area contributed by atoms with Crippen LogP contribution in [-0.4, -0.2) is 31.9 Å². The number of rotatable bonds is 8. The molecular weight excluding hydrogens is 380 g/mol. The fourth-order valence-corrected chi connectivity index (χ4v) is 3.48. The van der Waals surface area contributed by atoms with Crippen molar-refractivity contribution in [3.8, 4) is 11.5 Å². The molecule has 158 valence electrons. The van der Waals surface area contributed by atoms with Gasteiger partial charge in [-0.1, -0.05) is 64.7 Å². The Morgan fingerprint density at radius 1 is 1.00 bits per heavy atom. The normalized spacial score (nSPS) is 13.0. The number of phenolic OH excluding ortho intramolecular Hbond substituents is 1. The Balaban J connectivity index is 2.12. The van der Waals surface area contributed by atoms with Crippen molar-refractivity contribution in [2.45, 2.75) is 64.4 Å². The molecule has 0 aliphatic heterocycles. The van der Waals surface area contributed by atoms with Gasteiger partial charge in [-0.15, -0.1) is 0 Å². The average molecular weight is 415 g/mol. The molecule has 29 heavy (non-hydrogen) atoms. The van der Waals surface area contributed by atoms with E-state index in [1.807, 2.05) is 24.3 Å². The summed E-state index contributed by atoms with van der Waals surface area (Å²) < 4.78 is 11.6. The van der Waals surface area contributed by atoms with E-state index in [1.165, 1.54) is 5.56 Å². The van der Waals surface area contributed by atoms with E-state index in [9.17, 15) is 9.90 Å². The van der Waals surface area contributed by atoms with Gasteiger partial charge >= 0.3 is 5.97 Å². The fraction of sp³-hybridized carbons (Fsp3) is 0.458. The third-order valence-electron chi connectivity index (χ3n) is 4.72. The lowest BCUT2D eigenvalue weighted by Gasteiger charge is -2.22. The summed E-state index contributed by atoms with van der Waals surface area (Å²) in [4.78, 5) is 12.7. The SMILES string of the molecule is CC(C)(C)c1ccc(O[C@@H](Cc2ccc(O)cc2)C(=O)OCC[Si](C)(C)C)cc1. The quantitative estimate of drug-likeness (QED) is 0.454. The van der Waals surface area contributed by atoms with Crippen LogP contribution in [0.3, 0.4) is 0 Å². The predicted molar refractivity (Wildman–Crippen MR) is 120 cm³/mol. The molecule has 2 rings (SSSR count). The maximum Gasteiger partial charge on any atom is 0.347 e. The first kappa shape index (κ1) is 23.0. The molecule has 5 heteroatoms. The Hall–Kier alpha value is -2.27. The van der Waals surface area contributed by atoms with E-state index in [-0.39, 0.29) is 17.1 Å². The Morgan fingerprint density at radius 2 is 1.59 bits per heavy atom. The second-order valence-electron chi connectivity index (χ2n) is 9.73. The van der Waals surface area contributed by atoms with Gasteiger partial charge < -0.3 is 14.6 Å². The number of hydrogen-bond acceptors (Lipinski definition) is 4. The minimum atomic E-state index is -1.28. The van der Waals surface area contributed by atoms with Crippen LogP contribution < -0.4 is 4.74 Å². The van der Waals surface area contributed by atoms with Crippen LogP contribution in [0.15, 0.2) is 48.5 Å². The third-order valence-corrected chi connectivity index (χ3v) is 6.42. The highest BCUT2D eigenvalue weighted by molar-refractivity contribution is 6.76. The van der Waals surface area contributed by atoms with E-state index >= 15 is 0 Å². The van der Waals surface area contributed by atoms with Crippen molar-refractivity contribution in [3.05, 3.63) is 59.7 Å². The smallest absolute Gasteiger partial charge is 0.347 e. The number of phenols is 1. The summed E-state index contributed by atoms with van der Waals surface area (Å²) in [7, 11) is -1.28. The first-order valence-electron chi connectivity index (χ1n) is 10.2. The summed E-state index contributed by atoms with van der Waals surface area (Å²) in [5.41, 5.74) is 2.17. The Kier molecular flexibility index (Phi) is 7.52. The van der Waals surface area contributed by atoms with Gasteiger partial charge in [0.2, 0.25) is 0 Å². The van der Waals surface area contributed by atoms with Gasteiger partial charge in [0.05, 0.1) is 6.61 Å². The molecule has 0 heterocycles. The van der Waals surface area contributed by atoms with E-state index < -0.39 is 14.2 Å². The zero-order chi connectivity index (χ0) is 21.7. The highest BCUT2D eigenvalue weighted by Crippen LogP contribution is 2.25. The number of ether oxygens (including phenoxy) is 2. The molecule has 0 saturated heterocycles. The molecule has 4 nitrogen and oxygen atoms in total. The number of carbonyl (C=O) groups excluding carboxylic acids is 1. The van der Waals surface area contributed by atoms with Gasteiger partial charge in [0.1, 0.15) is 11.5 Å². The largest absolute Gasteiger partial charge is 0.508 e. The van der Waals surface area contributed by atoms with Gasteiger partial charge in [0.15, 0.2) is 6.10 Å². The van der Waals surface area contributed by atoms with Crippen LogP contribution in [-0.2, 0) is 21.4 Å². The van der Waals surface area contributed by atoms with Gasteiger partial charge in [0.25, 0.3) is 0 Å². The molecule has 0 radical (unpaired) electrons. The molecule has 0 aliphatic rings. The van der Waals surface area contributed by atoms with Crippen molar-refractivity contribution in [3.63, 3.8) is 0 Å². The van der Waals surface area contributed by atoms with Crippen LogP contribution >= 0.6 is 0 Å². The van der Waals surface area contributed by atoms with Crippen LogP contribution in [0.5, 0.6) is 11.5 Å². The third kappa shape index (κ3) is 7.93. The van der Waals surface area contributed by atoms with Gasteiger partial charge in [-0.05, 0) is 46.9 Å². The molecule has 0 fully saturated rings. The molecule has 0 aromatic heterocycles. The lowest BCUT2D eigenvalue weighted by molar-refractivity contribution is -0.151. The first-order chi connectivity index (χ1) is 13.4. The van der Waals surface area contributed by atoms with Crippen LogP contribution in [0.25, 0.3) is 0 Å². The molecule has 0 amide bonds. The molecule has 1 N–H and O–H groups in total. The highest BCUT2D eigenvalue weighted by Gasteiger charge is 2.24. The van der Waals surface area contributed by atoms with Crippen molar-refractivity contribution < 1.29 is 19.4 Å². The second-order valence-corrected chi connectivity index (χ2v) is 15.4. The maximum atomic E-state index is 12.7. The van der Waals surface area contributed by atoms with Crippen LogP contribution in [0.1, 0.15) is 31.9 Å². The molecule has 0 unspecified atom stereocenters. The van der Waals surface area contributed by atoms with Crippen molar-refractivity contribution in [2.75, 3.05) is 6.61 Å². The van der Waals surface area contributed by atoms with Gasteiger partial charge in [-0.25, -0.2) is 4.79 Å². The standard InChI is InChI=1S/C24H34O4Si/c1-24(2,3)19-9-13-21(14-10-19)28-22(17-18-7-11-20(25)12-8-18)23(26)27-15-16-29(4,5)6/h7-14,22,25H,15-17H2,1-6H3/t22-/m0/s1. The molecule has 0 aliphatic carbocycles. The van der Waals surface area contributed by atoms with E-state index in [1.54, 1.807) is 24.3 Å². The molecular formula is C24H34O4Si. The number of esters is 1. The van der Waals surface area contributed by atoms with Crippen molar-refractivity contribution in [1.82, 2.24) is 0 Å². The van der Waals surface area contributed by atoms with Crippen LogP contribution in [0.4, 0.5) is 0 Å². The van der Waals surface area contributed by atoms with E-state index in [2.05, 4.69) is 40.4 Å². The zero-order valence-corrected chi connectivity index (χ0v) is 19.5. The molecule has 2 aromatic rings. The van der Waals surface area contributed by atoms with Crippen molar-refractivity contribution in [1.29, 1.82) is 0 Å². The first-order valence-corrected chi connectivity index (χ1v) is 13.9. The number of hydrogen-bond donors (Lipinski definition) is 1. The maximum absolute atomic E-state index is 12.7. The Morgan fingerprint density at radius 3 is 2.10 bits per heavy atom. The molecule has 0 bridgehead atoms. The van der Waals surface area contributed by atoms with Gasteiger partial charge in [-0.3, -0.25) is 0 Å². The predicted octanol–water partition coefficient (Wildman–Crippen LogP) is 5.56. The Labute approximate surface area is 175 Å². The number of benzene rings is 2. The minimum Gasteiger partial charge on any atom is -0.508 e. The highest BCUT2D eigenvalue weighted by atomic mass is 28.3. The van der Waals surface area contributed by atoms with Gasteiger partial charge in [0, 0.05) is 14.5 Å². The molecule has 2 aromatic carbocycles. The summed E-state index contributed by atoms with van der Waals surface area (Å²) in [6.07, 6.45) is -0.353. The molecule has 0 spiro atoms. The summed E-state index contributed by atoms with van der Waals surface area (Å²) >= 11 is 0. The van der Waals surface area contributed by atoms with E-state index in [0.29, 0.717) is 18.8 Å². The fourth-order valence-electron chi connectivity index (χ4n) is 2.77. The lowest BCUT2D eigenvalue weighted by Crippen LogP contribution is -2.33. The van der Waals surface area contributed by atoms with Gasteiger partial charge in [-0.2, -0.15) is 0 Å². The second kappa shape index (κ2) is 9.48. The number of carbonyl (C=O) groups is 1. The van der Waals surface area contributed by atoms with Crippen LogP contribution in [0, 0.1) is 0 Å². The topological polar surface area (TPSA) is 55.8 Å². The monoisotopic (exact) mass is 414 g/mol. The van der Waals surface area contributed by atoms with E-state index in [0.717, 1.165) is 11.6 Å². The summed E-state index contributed by atoms with van der Waals surface area (Å²) in [5, 5.41) is 9.50. The zero-order valence-electron chi connectivity index (χ0n) is 18.5. The van der Waals surface area contributed by atoms with Crippen molar-refractivity contribution >= 4 is 14.0 Å². The van der Waals surface area contributed by atoms with Crippen LogP contribution in [0.2, 0.25) is 25.7 Å². The summed E-state index contributed by atoms with van der Waals surface area (Å²) in [5.74, 6) is 0.488. The average Bonchev–Trinajstić information content (AvgIpc) is 2.61. The molecule has 0 saturated carbocycles. The minimum absolute atomic E-state index is 0.0553. The van der Waals surface area contributed by atoms with Crippen molar-refractivity contribution in [2.24, 2.45) is 0 Å². The Bertz CT molecular complexity index is 784. The van der Waals surface area contributed by atoms with E-state index in [4.69, 9.17) is 9.47 Å².